The fraction of sp³-hybridized carbons (Fsp3) is 0.0909. The van der Waals surface area contributed by atoms with Crippen molar-refractivity contribution in [2.45, 2.75) is 13.0 Å². The fourth-order valence-electron chi connectivity index (χ4n) is 2.65. The van der Waals surface area contributed by atoms with E-state index in [0.717, 1.165) is 16.9 Å². The summed E-state index contributed by atoms with van der Waals surface area (Å²) in [5, 5.41) is 18.8. The largest absolute Gasteiger partial charge is 0.389 e. The standard InChI is InChI=1S/C22H20FN3O2S/c1-14(27)15-5-4-6-18(13-15)26-22(29)25-17-11-9-16(10-12-17)24-21(28)19-7-2-3-8-20(19)23/h2-14,27H,1H3,(H,24,28)(H2,25,26,29). The van der Waals surface area contributed by atoms with E-state index in [0.29, 0.717) is 10.8 Å². The number of nitrogens with one attached hydrogen (secondary N) is 3. The molecule has 0 radical (unpaired) electrons. The third-order valence-electron chi connectivity index (χ3n) is 4.15. The van der Waals surface area contributed by atoms with Gasteiger partial charge in [-0.2, -0.15) is 0 Å². The number of benzene rings is 3. The van der Waals surface area contributed by atoms with Crippen molar-refractivity contribution in [3.8, 4) is 0 Å². The lowest BCUT2D eigenvalue weighted by Crippen LogP contribution is -2.19. The highest BCUT2D eigenvalue weighted by Crippen LogP contribution is 2.19. The first-order chi connectivity index (χ1) is 13.9. The number of carbonyl (C=O) groups excluding carboxylic acids is 1. The minimum atomic E-state index is -0.570. The minimum absolute atomic E-state index is 0.0143. The van der Waals surface area contributed by atoms with Crippen LogP contribution >= 0.6 is 12.2 Å². The molecule has 3 aromatic carbocycles. The Bertz CT molecular complexity index is 1020. The second kappa shape index (κ2) is 9.27. The van der Waals surface area contributed by atoms with Gasteiger partial charge in [-0.3, -0.25) is 4.79 Å². The topological polar surface area (TPSA) is 73.4 Å². The molecule has 0 aliphatic carbocycles. The zero-order chi connectivity index (χ0) is 20.8. The first kappa shape index (κ1) is 20.4. The van der Waals surface area contributed by atoms with Gasteiger partial charge in [-0.25, -0.2) is 4.39 Å². The van der Waals surface area contributed by atoms with Gasteiger partial charge < -0.3 is 21.1 Å². The van der Waals surface area contributed by atoms with E-state index in [1.54, 1.807) is 37.3 Å². The quantitative estimate of drug-likeness (QED) is 0.449. The van der Waals surface area contributed by atoms with Crippen LogP contribution in [0.5, 0.6) is 0 Å². The Morgan fingerprint density at radius 1 is 0.897 bits per heavy atom. The van der Waals surface area contributed by atoms with Crippen molar-refractivity contribution in [3.05, 3.63) is 89.7 Å². The summed E-state index contributed by atoms with van der Waals surface area (Å²) in [5.74, 6) is -1.08. The van der Waals surface area contributed by atoms with E-state index in [1.807, 2.05) is 24.3 Å². The second-order valence-corrected chi connectivity index (χ2v) is 6.80. The molecule has 1 amide bonds. The fourth-order valence-corrected chi connectivity index (χ4v) is 2.89. The Hall–Kier alpha value is -3.29. The maximum absolute atomic E-state index is 13.7. The van der Waals surface area contributed by atoms with Crippen LogP contribution in [-0.2, 0) is 0 Å². The number of aliphatic hydroxyl groups excluding tert-OH is 1. The number of thiocarbonyl (C=S) groups is 1. The zero-order valence-corrected chi connectivity index (χ0v) is 16.5. The second-order valence-electron chi connectivity index (χ2n) is 6.39. The number of carbonyl (C=O) groups is 1. The molecule has 3 rings (SSSR count). The van der Waals surface area contributed by atoms with Crippen molar-refractivity contribution >= 4 is 40.3 Å². The van der Waals surface area contributed by atoms with Crippen LogP contribution in [0, 0.1) is 5.82 Å². The van der Waals surface area contributed by atoms with Crippen LogP contribution in [-0.4, -0.2) is 16.1 Å². The number of aliphatic hydroxyl groups is 1. The predicted molar refractivity (Wildman–Crippen MR) is 118 cm³/mol. The van der Waals surface area contributed by atoms with Crippen LogP contribution < -0.4 is 16.0 Å². The summed E-state index contributed by atoms with van der Waals surface area (Å²) in [6.07, 6.45) is -0.564. The summed E-state index contributed by atoms with van der Waals surface area (Å²) >= 11 is 5.31. The number of hydrogen-bond donors (Lipinski definition) is 4. The first-order valence-corrected chi connectivity index (χ1v) is 9.35. The average Bonchev–Trinajstić information content (AvgIpc) is 2.70. The molecule has 0 saturated heterocycles. The van der Waals surface area contributed by atoms with Crippen LogP contribution in [0.3, 0.4) is 0 Å². The molecule has 29 heavy (non-hydrogen) atoms. The molecule has 1 atom stereocenters. The van der Waals surface area contributed by atoms with E-state index < -0.39 is 17.8 Å². The Balaban J connectivity index is 1.59. The molecule has 4 N–H and O–H groups in total. The Kier molecular flexibility index (Phi) is 6.54. The van der Waals surface area contributed by atoms with Gasteiger partial charge in [0.15, 0.2) is 5.11 Å². The van der Waals surface area contributed by atoms with Gasteiger partial charge in [-0.15, -0.1) is 0 Å². The third-order valence-corrected chi connectivity index (χ3v) is 4.35. The number of halogens is 1. The average molecular weight is 409 g/mol. The van der Waals surface area contributed by atoms with Crippen LogP contribution in [0.4, 0.5) is 21.5 Å². The molecular weight excluding hydrogens is 389 g/mol. The molecule has 3 aromatic rings. The zero-order valence-electron chi connectivity index (χ0n) is 15.6. The van der Waals surface area contributed by atoms with Crippen LogP contribution in [0.2, 0.25) is 0 Å². The van der Waals surface area contributed by atoms with Crippen LogP contribution in [0.15, 0.2) is 72.8 Å². The SMILES string of the molecule is CC(O)c1cccc(NC(=S)Nc2ccc(NC(=O)c3ccccc3F)cc2)c1. The lowest BCUT2D eigenvalue weighted by molar-refractivity contribution is 0.102. The molecule has 0 fully saturated rings. The van der Waals surface area contributed by atoms with E-state index in [9.17, 15) is 14.3 Å². The molecule has 7 heteroatoms. The van der Waals surface area contributed by atoms with Crippen molar-refractivity contribution in [2.75, 3.05) is 16.0 Å². The maximum Gasteiger partial charge on any atom is 0.258 e. The minimum Gasteiger partial charge on any atom is -0.389 e. The van der Waals surface area contributed by atoms with Gasteiger partial charge in [-0.05, 0) is 73.2 Å². The molecule has 0 bridgehead atoms. The Morgan fingerprint density at radius 3 is 2.17 bits per heavy atom. The molecule has 5 nitrogen and oxygen atoms in total. The summed E-state index contributed by atoms with van der Waals surface area (Å²) in [4.78, 5) is 12.2. The van der Waals surface area contributed by atoms with E-state index in [1.165, 1.54) is 18.2 Å². The molecule has 0 saturated carbocycles. The molecular formula is C22H20FN3O2S. The molecule has 0 spiro atoms. The van der Waals surface area contributed by atoms with E-state index >= 15 is 0 Å². The summed E-state index contributed by atoms with van der Waals surface area (Å²) < 4.78 is 13.7. The lowest BCUT2D eigenvalue weighted by Gasteiger charge is -2.13. The summed E-state index contributed by atoms with van der Waals surface area (Å²) in [6.45, 7) is 1.70. The number of rotatable bonds is 5. The van der Waals surface area contributed by atoms with Crippen molar-refractivity contribution in [3.63, 3.8) is 0 Å². The Labute approximate surface area is 173 Å². The normalized spacial score (nSPS) is 11.4. The van der Waals surface area contributed by atoms with Gasteiger partial charge in [0, 0.05) is 17.1 Å². The smallest absolute Gasteiger partial charge is 0.258 e. The first-order valence-electron chi connectivity index (χ1n) is 8.94. The summed E-state index contributed by atoms with van der Waals surface area (Å²) in [5.41, 5.74) is 2.78. The monoisotopic (exact) mass is 409 g/mol. The van der Waals surface area contributed by atoms with Gasteiger partial charge in [0.1, 0.15) is 5.82 Å². The van der Waals surface area contributed by atoms with E-state index in [-0.39, 0.29) is 5.56 Å². The van der Waals surface area contributed by atoms with Crippen molar-refractivity contribution in [1.29, 1.82) is 0 Å². The van der Waals surface area contributed by atoms with Gasteiger partial charge in [0.05, 0.1) is 11.7 Å². The van der Waals surface area contributed by atoms with Crippen molar-refractivity contribution < 1.29 is 14.3 Å². The van der Waals surface area contributed by atoms with Gasteiger partial charge >= 0.3 is 0 Å². The highest BCUT2D eigenvalue weighted by molar-refractivity contribution is 7.80. The molecule has 0 aliphatic rings. The van der Waals surface area contributed by atoms with E-state index in [2.05, 4.69) is 16.0 Å². The number of amides is 1. The Morgan fingerprint density at radius 2 is 1.52 bits per heavy atom. The van der Waals surface area contributed by atoms with Crippen molar-refractivity contribution in [2.24, 2.45) is 0 Å². The number of hydrogen-bond acceptors (Lipinski definition) is 3. The van der Waals surface area contributed by atoms with E-state index in [4.69, 9.17) is 12.2 Å². The van der Waals surface area contributed by atoms with Crippen LogP contribution in [0.1, 0.15) is 28.9 Å². The molecule has 0 aliphatic heterocycles. The third kappa shape index (κ3) is 5.60. The number of anilines is 3. The highest BCUT2D eigenvalue weighted by Gasteiger charge is 2.11. The van der Waals surface area contributed by atoms with Crippen LogP contribution in [0.25, 0.3) is 0 Å². The maximum atomic E-state index is 13.7. The van der Waals surface area contributed by atoms with Gasteiger partial charge in [0.25, 0.3) is 5.91 Å². The molecule has 148 valence electrons. The molecule has 1 unspecified atom stereocenters. The van der Waals surface area contributed by atoms with Crippen molar-refractivity contribution in [1.82, 2.24) is 0 Å². The van der Waals surface area contributed by atoms with Gasteiger partial charge in [0.2, 0.25) is 0 Å². The lowest BCUT2D eigenvalue weighted by atomic mass is 10.1. The highest BCUT2D eigenvalue weighted by atomic mass is 32.1. The summed E-state index contributed by atoms with van der Waals surface area (Å²) in [6, 6.07) is 20.0. The molecule has 0 aromatic heterocycles. The predicted octanol–water partition coefficient (Wildman–Crippen LogP) is 4.94. The van der Waals surface area contributed by atoms with Gasteiger partial charge in [-0.1, -0.05) is 24.3 Å². The molecule has 0 heterocycles. The summed E-state index contributed by atoms with van der Waals surface area (Å²) in [7, 11) is 0.